The third kappa shape index (κ3) is 22.3. The third-order valence-corrected chi connectivity index (χ3v) is 6.52. The summed E-state index contributed by atoms with van der Waals surface area (Å²) < 4.78 is 21.6. The molecule has 3 amide bonds. The Morgan fingerprint density at radius 2 is 1.43 bits per heavy atom. The average Bonchev–Trinajstić information content (AvgIpc) is 3.04. The molecule has 1 aromatic rings. The van der Waals surface area contributed by atoms with Gasteiger partial charge < -0.3 is 55.1 Å². The minimum atomic E-state index is -1.16. The normalized spacial score (nSPS) is 12.1. The van der Waals surface area contributed by atoms with Crippen LogP contribution in [0.15, 0.2) is 18.2 Å². The van der Waals surface area contributed by atoms with Crippen molar-refractivity contribution in [1.29, 1.82) is 0 Å². The van der Waals surface area contributed by atoms with Gasteiger partial charge >= 0.3 is 0 Å². The van der Waals surface area contributed by atoms with E-state index in [-0.39, 0.29) is 56.7 Å². The van der Waals surface area contributed by atoms with Crippen LogP contribution in [-0.2, 0) is 46.5 Å². The zero-order chi connectivity index (χ0) is 34.9. The minimum Gasteiger partial charge on any atom is -0.392 e. The lowest BCUT2D eigenvalue weighted by atomic mass is 10.1. The van der Waals surface area contributed by atoms with Crippen LogP contribution in [0.2, 0.25) is 0 Å². The number of nitrogens with zero attached hydrogens (tertiary/aromatic N) is 1. The van der Waals surface area contributed by atoms with Crippen LogP contribution in [0.25, 0.3) is 0 Å². The number of hydrogen-bond donors (Lipinski definition) is 7. The lowest BCUT2D eigenvalue weighted by Gasteiger charge is -2.26. The molecule has 1 unspecified atom stereocenters. The molecule has 0 spiro atoms. The Morgan fingerprint density at radius 1 is 0.787 bits per heavy atom. The monoisotopic (exact) mass is 671 g/mol. The van der Waals surface area contributed by atoms with Crippen LogP contribution in [0, 0.1) is 0 Å². The SMILES string of the molecule is COCCOCCOCCN(CCCC(=O)NCC(O)NCC(=O)NCC(=O)NCCCOC(C)(C)C)c1cc(CO)cc(CO)c1. The predicted octanol–water partition coefficient (Wildman–Crippen LogP) is -0.601. The van der Waals surface area contributed by atoms with Gasteiger partial charge in [0.15, 0.2) is 0 Å². The van der Waals surface area contributed by atoms with E-state index in [0.717, 1.165) is 5.69 Å². The summed E-state index contributed by atoms with van der Waals surface area (Å²) in [5.41, 5.74) is 1.89. The van der Waals surface area contributed by atoms with Gasteiger partial charge in [0, 0.05) is 45.5 Å². The van der Waals surface area contributed by atoms with Crippen molar-refractivity contribution >= 4 is 23.4 Å². The predicted molar refractivity (Wildman–Crippen MR) is 177 cm³/mol. The Labute approximate surface area is 278 Å². The van der Waals surface area contributed by atoms with Crippen LogP contribution in [0.1, 0.15) is 51.2 Å². The van der Waals surface area contributed by atoms with Crippen LogP contribution < -0.4 is 26.2 Å². The van der Waals surface area contributed by atoms with E-state index < -0.39 is 12.1 Å². The van der Waals surface area contributed by atoms with Gasteiger partial charge in [-0.2, -0.15) is 0 Å². The van der Waals surface area contributed by atoms with Crippen LogP contribution in [-0.4, -0.2) is 131 Å². The molecule has 0 saturated heterocycles. The molecule has 0 aliphatic carbocycles. The Morgan fingerprint density at radius 3 is 2.06 bits per heavy atom. The van der Waals surface area contributed by atoms with Crippen molar-refractivity contribution in [3.8, 4) is 0 Å². The molecule has 0 aliphatic heterocycles. The zero-order valence-corrected chi connectivity index (χ0v) is 28.5. The number of hydrogen-bond acceptors (Lipinski definition) is 12. The number of nitrogens with one attached hydrogen (secondary N) is 4. The number of benzene rings is 1. The van der Waals surface area contributed by atoms with Crippen molar-refractivity contribution in [2.24, 2.45) is 0 Å². The maximum atomic E-state index is 12.5. The van der Waals surface area contributed by atoms with Gasteiger partial charge in [-0.1, -0.05) is 6.07 Å². The number of amides is 3. The molecule has 1 atom stereocenters. The number of aliphatic hydroxyl groups is 3. The first kappa shape index (κ1) is 42.1. The van der Waals surface area contributed by atoms with Crippen LogP contribution in [0.3, 0.4) is 0 Å². The van der Waals surface area contributed by atoms with Gasteiger partial charge in [0.25, 0.3) is 0 Å². The van der Waals surface area contributed by atoms with E-state index in [9.17, 15) is 29.7 Å². The highest BCUT2D eigenvalue weighted by atomic mass is 16.5. The summed E-state index contributed by atoms with van der Waals surface area (Å²) >= 11 is 0. The summed E-state index contributed by atoms with van der Waals surface area (Å²) in [5.74, 6) is -1.07. The average molecular weight is 672 g/mol. The lowest BCUT2D eigenvalue weighted by Crippen LogP contribution is -2.46. The van der Waals surface area contributed by atoms with Crippen LogP contribution >= 0.6 is 0 Å². The second-order valence-corrected chi connectivity index (χ2v) is 11.8. The molecule has 0 aliphatic rings. The number of anilines is 1. The summed E-state index contributed by atoms with van der Waals surface area (Å²) in [6.07, 6.45) is 0.162. The van der Waals surface area contributed by atoms with Gasteiger partial charge in [0.1, 0.15) is 6.23 Å². The highest BCUT2D eigenvalue weighted by Crippen LogP contribution is 2.20. The molecule has 1 rings (SSSR count). The zero-order valence-electron chi connectivity index (χ0n) is 28.5. The molecule has 270 valence electrons. The molecule has 15 heteroatoms. The molecule has 7 N–H and O–H groups in total. The van der Waals surface area contributed by atoms with Crippen molar-refractivity contribution in [2.45, 2.75) is 65.1 Å². The van der Waals surface area contributed by atoms with Gasteiger partial charge in [0.05, 0.1) is 71.5 Å². The summed E-state index contributed by atoms with van der Waals surface area (Å²) in [4.78, 5) is 38.4. The molecule has 0 bridgehead atoms. The Bertz CT molecular complexity index is 1000. The molecule has 47 heavy (non-hydrogen) atoms. The quantitative estimate of drug-likeness (QED) is 0.0464. The van der Waals surface area contributed by atoms with Crippen molar-refractivity contribution in [3.05, 3.63) is 29.3 Å². The second-order valence-electron chi connectivity index (χ2n) is 11.8. The van der Waals surface area contributed by atoms with Crippen LogP contribution in [0.4, 0.5) is 5.69 Å². The lowest BCUT2D eigenvalue weighted by molar-refractivity contribution is -0.126. The van der Waals surface area contributed by atoms with E-state index in [4.69, 9.17) is 18.9 Å². The van der Waals surface area contributed by atoms with Crippen molar-refractivity contribution in [1.82, 2.24) is 21.3 Å². The van der Waals surface area contributed by atoms with E-state index in [1.165, 1.54) is 0 Å². The largest absolute Gasteiger partial charge is 0.392 e. The number of rotatable bonds is 27. The minimum absolute atomic E-state index is 0.106. The highest BCUT2D eigenvalue weighted by molar-refractivity contribution is 5.85. The second kappa shape index (κ2) is 25.2. The smallest absolute Gasteiger partial charge is 0.239 e. The van der Waals surface area contributed by atoms with Gasteiger partial charge in [-0.15, -0.1) is 0 Å². The van der Waals surface area contributed by atoms with E-state index in [1.54, 1.807) is 13.2 Å². The Balaban J connectivity index is 2.38. The van der Waals surface area contributed by atoms with E-state index in [1.807, 2.05) is 37.8 Å². The topological polar surface area (TPSA) is 200 Å². The Hall–Kier alpha value is -2.89. The maximum absolute atomic E-state index is 12.5. The standard InChI is InChI=1S/C32H57N5O10/c1-32(2,3)47-11-6-8-33-29(41)20-35-31(43)22-36-30(42)21-34-28(40)7-5-9-37(10-12-45-15-16-46-14-13-44-4)27-18-25(23-38)17-26(19-27)24-39/h17-19,30,36,38-39,42H,5-16,20-24H2,1-4H3,(H,33,41)(H,34,40)(H,35,43). The molecule has 0 aromatic heterocycles. The first-order valence-corrected chi connectivity index (χ1v) is 16.1. The van der Waals surface area contributed by atoms with Gasteiger partial charge in [-0.3, -0.25) is 19.7 Å². The molecule has 0 saturated carbocycles. The fraction of sp³-hybridized carbons (Fsp3) is 0.719. The molecule has 15 nitrogen and oxygen atoms in total. The third-order valence-electron chi connectivity index (χ3n) is 6.52. The van der Waals surface area contributed by atoms with Gasteiger partial charge in [0.2, 0.25) is 17.7 Å². The van der Waals surface area contributed by atoms with Gasteiger partial charge in [-0.05, 0) is 56.9 Å². The summed E-state index contributed by atoms with van der Waals surface area (Å²) in [6.45, 7) is 9.21. The summed E-state index contributed by atoms with van der Waals surface area (Å²) in [5, 5.41) is 39.9. The Kier molecular flexibility index (Phi) is 22.6. The van der Waals surface area contributed by atoms with Crippen LogP contribution in [0.5, 0.6) is 0 Å². The van der Waals surface area contributed by atoms with Gasteiger partial charge in [-0.25, -0.2) is 0 Å². The molecular formula is C32H57N5O10. The molecular weight excluding hydrogens is 614 g/mol. The van der Waals surface area contributed by atoms with E-state index in [2.05, 4.69) is 21.3 Å². The summed E-state index contributed by atoms with van der Waals surface area (Å²) in [6, 6.07) is 5.40. The maximum Gasteiger partial charge on any atom is 0.239 e. The number of aliphatic hydroxyl groups excluding tert-OH is 3. The fourth-order valence-electron chi connectivity index (χ4n) is 4.11. The number of carbonyl (C=O) groups excluding carboxylic acids is 3. The molecule has 0 fully saturated rings. The number of ether oxygens (including phenoxy) is 4. The van der Waals surface area contributed by atoms with E-state index in [0.29, 0.717) is 83.2 Å². The first-order chi connectivity index (χ1) is 22.5. The van der Waals surface area contributed by atoms with E-state index >= 15 is 0 Å². The molecule has 0 heterocycles. The van der Waals surface area contributed by atoms with Crippen molar-refractivity contribution in [3.63, 3.8) is 0 Å². The molecule has 1 aromatic carbocycles. The molecule has 0 radical (unpaired) electrons. The highest BCUT2D eigenvalue weighted by Gasteiger charge is 2.13. The summed E-state index contributed by atoms with van der Waals surface area (Å²) in [7, 11) is 1.61. The first-order valence-electron chi connectivity index (χ1n) is 16.1. The van der Waals surface area contributed by atoms with Crippen molar-refractivity contribution in [2.75, 3.05) is 90.9 Å². The van der Waals surface area contributed by atoms with Crippen molar-refractivity contribution < 1.29 is 48.7 Å². The number of methoxy groups -OCH3 is 1. The fourth-order valence-corrected chi connectivity index (χ4v) is 4.11. The number of carbonyl (C=O) groups is 3.